The number of benzene rings is 3. The Morgan fingerprint density at radius 1 is 0.562 bits per heavy atom. The third-order valence-electron chi connectivity index (χ3n) is 5.96. The van der Waals surface area contributed by atoms with E-state index >= 15 is 0 Å². The molecular formula is C26H27O5P. The van der Waals surface area contributed by atoms with Crippen molar-refractivity contribution in [1.82, 2.24) is 0 Å². The summed E-state index contributed by atoms with van der Waals surface area (Å²) in [5, 5.41) is 0. The Morgan fingerprint density at radius 3 is 1.34 bits per heavy atom. The molecule has 2 heterocycles. The van der Waals surface area contributed by atoms with Gasteiger partial charge < -0.3 is 0 Å². The number of para-hydroxylation sites is 1. The molecule has 166 valence electrons. The molecule has 1 fully saturated rings. The van der Waals surface area contributed by atoms with E-state index in [2.05, 4.69) is 0 Å². The van der Waals surface area contributed by atoms with Crippen LogP contribution in [0.1, 0.15) is 38.8 Å². The predicted octanol–water partition coefficient (Wildman–Crippen LogP) is 7.37. The van der Waals surface area contributed by atoms with Crippen LogP contribution in [0.2, 0.25) is 0 Å². The van der Waals surface area contributed by atoms with Gasteiger partial charge >= 0.3 is 189 Å². The van der Waals surface area contributed by atoms with Gasteiger partial charge in [-0.15, -0.1) is 0 Å². The summed E-state index contributed by atoms with van der Waals surface area (Å²) in [6.07, 6.45) is 0. The van der Waals surface area contributed by atoms with Crippen LogP contribution in [0.4, 0.5) is 0 Å². The molecule has 1 spiro atoms. The Bertz CT molecular complexity index is 1090. The Labute approximate surface area is 188 Å². The first-order valence-electron chi connectivity index (χ1n) is 10.7. The third-order valence-corrected chi connectivity index (χ3v) is 8.94. The van der Waals surface area contributed by atoms with E-state index in [1.807, 2.05) is 119 Å². The monoisotopic (exact) mass is 450 g/mol. The summed E-state index contributed by atoms with van der Waals surface area (Å²) in [6.45, 7) is 7.83. The van der Waals surface area contributed by atoms with Crippen molar-refractivity contribution in [3.63, 3.8) is 0 Å². The van der Waals surface area contributed by atoms with Crippen LogP contribution in [0.5, 0.6) is 5.75 Å². The Balaban J connectivity index is 1.70. The summed E-state index contributed by atoms with van der Waals surface area (Å²) in [5.74, 6) is 1.60. The van der Waals surface area contributed by atoms with Gasteiger partial charge in [0.1, 0.15) is 0 Å². The average molecular weight is 450 g/mol. The van der Waals surface area contributed by atoms with Crippen LogP contribution in [0, 0.1) is 0 Å². The first kappa shape index (κ1) is 21.0. The van der Waals surface area contributed by atoms with Crippen molar-refractivity contribution < 1.29 is 22.6 Å². The molecule has 0 aromatic heterocycles. The van der Waals surface area contributed by atoms with Crippen LogP contribution >= 0.6 is 7.74 Å². The molecule has 0 atom stereocenters. The fourth-order valence-corrected chi connectivity index (χ4v) is 7.47. The van der Waals surface area contributed by atoms with E-state index in [1.165, 1.54) is 0 Å². The van der Waals surface area contributed by atoms with Crippen molar-refractivity contribution in [3.8, 4) is 5.75 Å². The van der Waals surface area contributed by atoms with Gasteiger partial charge in [0.15, 0.2) is 0 Å². The van der Waals surface area contributed by atoms with E-state index < -0.39 is 18.9 Å². The van der Waals surface area contributed by atoms with Gasteiger partial charge in [0.05, 0.1) is 0 Å². The molecule has 5 nitrogen and oxygen atoms in total. The molecule has 0 N–H and O–H groups in total. The second kappa shape index (κ2) is 7.08. The van der Waals surface area contributed by atoms with Crippen LogP contribution in [0.25, 0.3) is 11.5 Å². The van der Waals surface area contributed by atoms with Gasteiger partial charge in [0.2, 0.25) is 0 Å². The quantitative estimate of drug-likeness (QED) is 0.388. The fourth-order valence-electron chi connectivity index (χ4n) is 3.73. The summed E-state index contributed by atoms with van der Waals surface area (Å²) >= 11 is 0. The molecule has 0 unspecified atom stereocenters. The van der Waals surface area contributed by atoms with Crippen LogP contribution in [-0.4, -0.2) is 11.2 Å². The first-order valence-corrected chi connectivity index (χ1v) is 12.5. The van der Waals surface area contributed by atoms with E-state index in [0.29, 0.717) is 17.3 Å². The molecule has 32 heavy (non-hydrogen) atoms. The summed E-state index contributed by atoms with van der Waals surface area (Å²) < 4.78 is 33.0. The zero-order valence-electron chi connectivity index (χ0n) is 18.6. The second-order valence-corrected chi connectivity index (χ2v) is 11.3. The van der Waals surface area contributed by atoms with Crippen LogP contribution in [0.3, 0.4) is 0 Å². The Kier molecular flexibility index (Phi) is 4.65. The van der Waals surface area contributed by atoms with Gasteiger partial charge in [-0.2, -0.15) is 0 Å². The van der Waals surface area contributed by atoms with Crippen LogP contribution in [0.15, 0.2) is 91.0 Å². The minimum absolute atomic E-state index is 0.527. The normalized spacial score (nSPS) is 23.1. The standard InChI is InChI=1S/C26H27O5P/c1-25(2)26(3,4)31-32(30-25,27-22-18-12-7-13-19-22)28-23(20-14-8-5-9-15-20)24(29-32)21-16-10-6-11-17-21/h5-19H,1-4H3. The Hall–Kier alpha value is -2.85. The van der Waals surface area contributed by atoms with E-state index in [1.54, 1.807) is 0 Å². The van der Waals surface area contributed by atoms with Crippen molar-refractivity contribution in [3.05, 3.63) is 102 Å². The molecule has 0 amide bonds. The van der Waals surface area contributed by atoms with Gasteiger partial charge in [-0.1, -0.05) is 0 Å². The fraction of sp³-hybridized carbons (Fsp3) is 0.231. The average Bonchev–Trinajstić information content (AvgIpc) is 3.17. The first-order chi connectivity index (χ1) is 15.2. The van der Waals surface area contributed by atoms with E-state index in [4.69, 9.17) is 22.6 Å². The summed E-state index contributed by atoms with van der Waals surface area (Å²) in [7, 11) is -4.61. The zero-order chi connectivity index (χ0) is 22.5. The van der Waals surface area contributed by atoms with Crippen molar-refractivity contribution in [2.24, 2.45) is 0 Å². The van der Waals surface area contributed by atoms with Gasteiger partial charge in [0.25, 0.3) is 0 Å². The predicted molar refractivity (Wildman–Crippen MR) is 126 cm³/mol. The van der Waals surface area contributed by atoms with E-state index in [-0.39, 0.29) is 0 Å². The number of rotatable bonds is 4. The molecule has 2 aliphatic heterocycles. The van der Waals surface area contributed by atoms with Gasteiger partial charge in [-0.25, -0.2) is 0 Å². The van der Waals surface area contributed by atoms with Crippen LogP contribution in [-0.2, 0) is 18.1 Å². The molecule has 0 aliphatic carbocycles. The number of hydrogen-bond donors (Lipinski definition) is 0. The number of hydrogen-bond acceptors (Lipinski definition) is 5. The second-order valence-electron chi connectivity index (χ2n) is 8.93. The van der Waals surface area contributed by atoms with Crippen molar-refractivity contribution in [1.29, 1.82) is 0 Å². The molecule has 6 heteroatoms. The van der Waals surface area contributed by atoms with Crippen molar-refractivity contribution >= 4 is 19.3 Å². The van der Waals surface area contributed by atoms with Gasteiger partial charge in [0, 0.05) is 0 Å². The van der Waals surface area contributed by atoms with Gasteiger partial charge in [-0.05, 0) is 0 Å². The zero-order valence-corrected chi connectivity index (χ0v) is 19.5. The maximum absolute atomic E-state index is 6.65. The molecule has 1 saturated heterocycles. The molecule has 0 saturated carbocycles. The van der Waals surface area contributed by atoms with Crippen molar-refractivity contribution in [2.75, 3.05) is 0 Å². The van der Waals surface area contributed by atoms with Gasteiger partial charge in [-0.3, -0.25) is 0 Å². The molecule has 3 aromatic rings. The third kappa shape index (κ3) is 3.38. The minimum atomic E-state index is -4.61. The van der Waals surface area contributed by atoms with Crippen LogP contribution < -0.4 is 4.52 Å². The van der Waals surface area contributed by atoms with E-state index in [0.717, 1.165) is 11.1 Å². The molecular weight excluding hydrogens is 423 g/mol. The topological polar surface area (TPSA) is 46.2 Å². The molecule has 2 aliphatic rings. The summed E-state index contributed by atoms with van der Waals surface area (Å²) in [5.41, 5.74) is 0.208. The molecule has 0 radical (unpaired) electrons. The molecule has 5 rings (SSSR count). The Morgan fingerprint density at radius 2 is 0.938 bits per heavy atom. The maximum atomic E-state index is 6.65. The van der Waals surface area contributed by atoms with Crippen molar-refractivity contribution in [2.45, 2.75) is 38.9 Å². The SMILES string of the molecule is CC1(C)OP2(Oc3ccccc3)(OC(c3ccccc3)=C(c3ccccc3)O2)OC1(C)C. The molecule has 3 aromatic carbocycles. The molecule has 0 bridgehead atoms. The van der Waals surface area contributed by atoms with E-state index in [9.17, 15) is 0 Å². The summed E-state index contributed by atoms with van der Waals surface area (Å²) in [6, 6.07) is 29.0. The summed E-state index contributed by atoms with van der Waals surface area (Å²) in [4.78, 5) is 0.